The smallest absolute Gasteiger partial charge is 0.248 e. The summed E-state index contributed by atoms with van der Waals surface area (Å²) in [7, 11) is 0. The number of benzene rings is 2. The number of amides is 1. The lowest BCUT2D eigenvalue weighted by molar-refractivity contribution is -0.116. The van der Waals surface area contributed by atoms with E-state index in [0.29, 0.717) is 22.0 Å². The molecule has 1 atom stereocenters. The third kappa shape index (κ3) is 3.60. The van der Waals surface area contributed by atoms with Crippen LogP contribution in [0.3, 0.4) is 0 Å². The Balaban J connectivity index is 1.74. The van der Waals surface area contributed by atoms with E-state index >= 15 is 0 Å². The van der Waals surface area contributed by atoms with Crippen molar-refractivity contribution in [3.63, 3.8) is 0 Å². The molecule has 0 aliphatic carbocycles. The van der Waals surface area contributed by atoms with Crippen LogP contribution in [0.2, 0.25) is 0 Å². The van der Waals surface area contributed by atoms with Gasteiger partial charge in [0.1, 0.15) is 5.38 Å². The first-order valence-electron chi connectivity index (χ1n) is 6.95. The monoisotopic (exact) mass is 364 g/mol. The van der Waals surface area contributed by atoms with Crippen LogP contribution < -0.4 is 5.32 Å². The summed E-state index contributed by atoms with van der Waals surface area (Å²) >= 11 is 7.32. The molecule has 0 radical (unpaired) electrons. The summed E-state index contributed by atoms with van der Waals surface area (Å²) in [6.07, 6.45) is 0. The molecule has 0 fully saturated rings. The molecule has 0 aliphatic rings. The Morgan fingerprint density at radius 2 is 1.88 bits per heavy atom. The number of halogens is 3. The van der Waals surface area contributed by atoms with Crippen LogP contribution in [-0.4, -0.2) is 10.9 Å². The summed E-state index contributed by atoms with van der Waals surface area (Å²) in [6.45, 7) is 0. The second-order valence-electron chi connectivity index (χ2n) is 4.93. The molecule has 3 rings (SSSR count). The van der Waals surface area contributed by atoms with E-state index in [0.717, 1.165) is 12.1 Å². The molecule has 7 heteroatoms. The van der Waals surface area contributed by atoms with Gasteiger partial charge in [-0.25, -0.2) is 13.8 Å². The topological polar surface area (TPSA) is 42.0 Å². The minimum atomic E-state index is -0.948. The quantitative estimate of drug-likeness (QED) is 0.661. The molecule has 0 spiro atoms. The van der Waals surface area contributed by atoms with Crippen LogP contribution in [-0.2, 0) is 4.79 Å². The SMILES string of the molecule is O=C(Nc1nc(-c2ccc(F)c(F)c2)cs1)C(Cl)c1ccccc1. The minimum absolute atomic E-state index is 0.335. The van der Waals surface area contributed by atoms with Crippen LogP contribution in [0.4, 0.5) is 13.9 Å². The maximum Gasteiger partial charge on any atom is 0.248 e. The van der Waals surface area contributed by atoms with E-state index in [1.165, 1.54) is 17.4 Å². The predicted molar refractivity (Wildman–Crippen MR) is 91.1 cm³/mol. The van der Waals surface area contributed by atoms with Crippen molar-refractivity contribution in [2.75, 3.05) is 5.32 Å². The van der Waals surface area contributed by atoms with Crippen molar-refractivity contribution in [1.82, 2.24) is 4.98 Å². The van der Waals surface area contributed by atoms with Gasteiger partial charge >= 0.3 is 0 Å². The number of alkyl halides is 1. The van der Waals surface area contributed by atoms with E-state index < -0.39 is 22.9 Å². The van der Waals surface area contributed by atoms with Crippen molar-refractivity contribution >= 4 is 34.0 Å². The van der Waals surface area contributed by atoms with Crippen molar-refractivity contribution in [3.8, 4) is 11.3 Å². The zero-order valence-corrected chi connectivity index (χ0v) is 13.7. The highest BCUT2D eigenvalue weighted by molar-refractivity contribution is 7.14. The van der Waals surface area contributed by atoms with E-state index in [9.17, 15) is 13.6 Å². The molecule has 1 unspecified atom stereocenters. The van der Waals surface area contributed by atoms with Crippen LogP contribution in [0.5, 0.6) is 0 Å². The van der Waals surface area contributed by atoms with E-state index in [-0.39, 0.29) is 0 Å². The lowest BCUT2D eigenvalue weighted by Crippen LogP contribution is -2.17. The Morgan fingerprint density at radius 3 is 2.58 bits per heavy atom. The summed E-state index contributed by atoms with van der Waals surface area (Å²) in [5.74, 6) is -2.28. The van der Waals surface area contributed by atoms with Gasteiger partial charge in [-0.1, -0.05) is 30.3 Å². The third-order valence-electron chi connectivity index (χ3n) is 3.27. The lowest BCUT2D eigenvalue weighted by Gasteiger charge is -2.08. The molecular formula is C17H11ClF2N2OS. The predicted octanol–water partition coefficient (Wildman–Crippen LogP) is 5.01. The van der Waals surface area contributed by atoms with Gasteiger partial charge in [-0.05, 0) is 23.8 Å². The second-order valence-corrected chi connectivity index (χ2v) is 6.22. The van der Waals surface area contributed by atoms with Crippen LogP contribution in [0, 0.1) is 11.6 Å². The first kappa shape index (κ1) is 16.5. The number of anilines is 1. The molecule has 0 saturated carbocycles. The molecule has 1 amide bonds. The van der Waals surface area contributed by atoms with Crippen molar-refractivity contribution < 1.29 is 13.6 Å². The Morgan fingerprint density at radius 1 is 1.12 bits per heavy atom. The average Bonchev–Trinajstić information content (AvgIpc) is 3.06. The highest BCUT2D eigenvalue weighted by Gasteiger charge is 2.19. The Labute approximate surface area is 145 Å². The highest BCUT2D eigenvalue weighted by Crippen LogP contribution is 2.28. The number of rotatable bonds is 4. The van der Waals surface area contributed by atoms with Crippen molar-refractivity contribution in [1.29, 1.82) is 0 Å². The fraction of sp³-hybridized carbons (Fsp3) is 0.0588. The minimum Gasteiger partial charge on any atom is -0.300 e. The number of nitrogens with zero attached hydrogens (tertiary/aromatic N) is 1. The molecule has 122 valence electrons. The maximum atomic E-state index is 13.3. The Kier molecular flexibility index (Phi) is 4.87. The van der Waals surface area contributed by atoms with Gasteiger partial charge in [-0.3, -0.25) is 4.79 Å². The second kappa shape index (κ2) is 7.07. The van der Waals surface area contributed by atoms with Gasteiger partial charge in [0.25, 0.3) is 0 Å². The van der Waals surface area contributed by atoms with Crippen molar-refractivity contribution in [2.45, 2.75) is 5.38 Å². The number of aromatic nitrogens is 1. The molecule has 0 aliphatic heterocycles. The Hall–Kier alpha value is -2.31. The fourth-order valence-corrected chi connectivity index (χ4v) is 2.98. The van der Waals surface area contributed by atoms with Crippen molar-refractivity contribution in [3.05, 3.63) is 71.1 Å². The molecule has 1 aromatic heterocycles. The number of hydrogen-bond donors (Lipinski definition) is 1. The van der Waals surface area contributed by atoms with Crippen LogP contribution in [0.15, 0.2) is 53.9 Å². The first-order chi connectivity index (χ1) is 11.5. The van der Waals surface area contributed by atoms with E-state index in [2.05, 4.69) is 10.3 Å². The number of nitrogens with one attached hydrogen (secondary N) is 1. The molecular weight excluding hydrogens is 354 g/mol. The maximum absolute atomic E-state index is 13.3. The highest BCUT2D eigenvalue weighted by atomic mass is 35.5. The van der Waals surface area contributed by atoms with Gasteiger partial charge in [0.15, 0.2) is 16.8 Å². The third-order valence-corrected chi connectivity index (χ3v) is 4.48. The van der Waals surface area contributed by atoms with E-state index in [4.69, 9.17) is 11.6 Å². The molecule has 3 aromatic rings. The zero-order valence-electron chi connectivity index (χ0n) is 12.2. The molecule has 3 nitrogen and oxygen atoms in total. The van der Waals surface area contributed by atoms with Gasteiger partial charge in [0.2, 0.25) is 5.91 Å². The molecule has 24 heavy (non-hydrogen) atoms. The Bertz CT molecular complexity index is 870. The normalized spacial score (nSPS) is 12.0. The number of carbonyl (C=O) groups is 1. The zero-order chi connectivity index (χ0) is 17.1. The molecule has 0 bridgehead atoms. The molecule has 0 saturated heterocycles. The van der Waals surface area contributed by atoms with Gasteiger partial charge in [-0.15, -0.1) is 22.9 Å². The number of thiazole rings is 1. The van der Waals surface area contributed by atoms with Crippen LogP contribution in [0.25, 0.3) is 11.3 Å². The van der Waals surface area contributed by atoms with Crippen molar-refractivity contribution in [2.24, 2.45) is 0 Å². The molecule has 2 aromatic carbocycles. The van der Waals surface area contributed by atoms with Gasteiger partial charge in [0, 0.05) is 10.9 Å². The summed E-state index contributed by atoms with van der Waals surface area (Å²) < 4.78 is 26.3. The van der Waals surface area contributed by atoms with Crippen LogP contribution in [0.1, 0.15) is 10.9 Å². The van der Waals surface area contributed by atoms with Gasteiger partial charge in [-0.2, -0.15) is 0 Å². The van der Waals surface area contributed by atoms with E-state index in [1.54, 1.807) is 29.6 Å². The molecule has 1 N–H and O–H groups in total. The fourth-order valence-electron chi connectivity index (χ4n) is 2.06. The summed E-state index contributed by atoms with van der Waals surface area (Å²) in [6, 6.07) is 12.5. The van der Waals surface area contributed by atoms with Gasteiger partial charge < -0.3 is 5.32 Å². The van der Waals surface area contributed by atoms with Gasteiger partial charge in [0.05, 0.1) is 5.69 Å². The molecule has 1 heterocycles. The summed E-state index contributed by atoms with van der Waals surface area (Å²) in [5.41, 5.74) is 1.55. The summed E-state index contributed by atoms with van der Waals surface area (Å²) in [5, 5.41) is 3.76. The first-order valence-corrected chi connectivity index (χ1v) is 8.27. The van der Waals surface area contributed by atoms with Crippen LogP contribution >= 0.6 is 22.9 Å². The standard InChI is InChI=1S/C17H11ClF2N2OS/c18-15(10-4-2-1-3-5-10)16(23)22-17-21-14(9-24-17)11-6-7-12(19)13(20)8-11/h1-9,15H,(H,21,22,23). The average molecular weight is 365 g/mol. The summed E-state index contributed by atoms with van der Waals surface area (Å²) in [4.78, 5) is 16.4. The largest absolute Gasteiger partial charge is 0.300 e. The number of carbonyl (C=O) groups excluding carboxylic acids is 1. The van der Waals surface area contributed by atoms with E-state index in [1.807, 2.05) is 6.07 Å². The lowest BCUT2D eigenvalue weighted by atomic mass is 10.1. The number of hydrogen-bond acceptors (Lipinski definition) is 3.